The zero-order valence-corrected chi connectivity index (χ0v) is 15.1. The third-order valence-corrected chi connectivity index (χ3v) is 4.51. The fourth-order valence-electron chi connectivity index (χ4n) is 3.16. The molecule has 2 aromatic rings. The van der Waals surface area contributed by atoms with E-state index in [1.54, 1.807) is 6.20 Å². The Kier molecular flexibility index (Phi) is 5.83. The number of nitrogens with zero attached hydrogens (tertiary/aromatic N) is 4. The van der Waals surface area contributed by atoms with Crippen molar-refractivity contribution in [2.45, 2.75) is 26.4 Å². The summed E-state index contributed by atoms with van der Waals surface area (Å²) >= 11 is 0. The zero-order chi connectivity index (χ0) is 17.6. The van der Waals surface area contributed by atoms with Crippen LogP contribution in [0.5, 0.6) is 0 Å². The lowest BCUT2D eigenvalue weighted by Gasteiger charge is -2.34. The Labute approximate surface area is 149 Å². The molecule has 1 aliphatic rings. The summed E-state index contributed by atoms with van der Waals surface area (Å²) < 4.78 is 1.83. The first-order chi connectivity index (χ1) is 12.1. The molecule has 0 bridgehead atoms. The molecule has 6 nitrogen and oxygen atoms in total. The van der Waals surface area contributed by atoms with Crippen molar-refractivity contribution in [3.05, 3.63) is 48.2 Å². The first-order valence-electron chi connectivity index (χ1n) is 8.94. The van der Waals surface area contributed by atoms with Gasteiger partial charge in [-0.2, -0.15) is 5.10 Å². The average Bonchev–Trinajstić information content (AvgIpc) is 3.06. The SMILES string of the molecule is CC(C)n1nccc1NC(=O)CN1CCN(Cc2ccccc2)CC1. The highest BCUT2D eigenvalue weighted by molar-refractivity contribution is 5.91. The quantitative estimate of drug-likeness (QED) is 0.875. The van der Waals surface area contributed by atoms with E-state index in [4.69, 9.17) is 0 Å². The van der Waals surface area contributed by atoms with Crippen molar-refractivity contribution < 1.29 is 4.79 Å². The maximum atomic E-state index is 12.3. The van der Waals surface area contributed by atoms with E-state index in [0.29, 0.717) is 6.54 Å². The van der Waals surface area contributed by atoms with Crippen LogP contribution >= 0.6 is 0 Å². The first kappa shape index (κ1) is 17.6. The second kappa shape index (κ2) is 8.27. The minimum atomic E-state index is 0.0268. The van der Waals surface area contributed by atoms with Gasteiger partial charge in [-0.05, 0) is 19.4 Å². The Bertz CT molecular complexity index is 674. The molecule has 0 unspecified atom stereocenters. The summed E-state index contributed by atoms with van der Waals surface area (Å²) in [5.74, 6) is 0.793. The van der Waals surface area contributed by atoms with Gasteiger partial charge >= 0.3 is 0 Å². The van der Waals surface area contributed by atoms with E-state index in [-0.39, 0.29) is 11.9 Å². The van der Waals surface area contributed by atoms with E-state index in [9.17, 15) is 4.79 Å². The van der Waals surface area contributed by atoms with Crippen molar-refractivity contribution in [1.82, 2.24) is 19.6 Å². The van der Waals surface area contributed by atoms with Crippen molar-refractivity contribution in [3.8, 4) is 0 Å². The Hall–Kier alpha value is -2.18. The summed E-state index contributed by atoms with van der Waals surface area (Å²) in [5, 5.41) is 7.22. The lowest BCUT2D eigenvalue weighted by molar-refractivity contribution is -0.117. The number of aromatic nitrogens is 2. The van der Waals surface area contributed by atoms with Crippen LogP contribution in [0, 0.1) is 0 Å². The van der Waals surface area contributed by atoms with Gasteiger partial charge in [-0.3, -0.25) is 14.6 Å². The number of hydrogen-bond acceptors (Lipinski definition) is 4. The van der Waals surface area contributed by atoms with Gasteiger partial charge in [0.15, 0.2) is 0 Å². The highest BCUT2D eigenvalue weighted by atomic mass is 16.2. The van der Waals surface area contributed by atoms with E-state index in [1.165, 1.54) is 5.56 Å². The fourth-order valence-corrected chi connectivity index (χ4v) is 3.16. The number of nitrogens with one attached hydrogen (secondary N) is 1. The maximum Gasteiger partial charge on any atom is 0.239 e. The van der Waals surface area contributed by atoms with Crippen LogP contribution in [0.25, 0.3) is 0 Å². The van der Waals surface area contributed by atoms with Crippen molar-refractivity contribution in [2.24, 2.45) is 0 Å². The summed E-state index contributed by atoms with van der Waals surface area (Å²) in [6.45, 7) is 9.34. The Morgan fingerprint density at radius 3 is 2.44 bits per heavy atom. The molecule has 0 radical (unpaired) electrons. The number of carbonyl (C=O) groups is 1. The van der Waals surface area contributed by atoms with Crippen molar-refractivity contribution in [3.63, 3.8) is 0 Å². The molecule has 3 rings (SSSR count). The highest BCUT2D eigenvalue weighted by Crippen LogP contribution is 2.13. The van der Waals surface area contributed by atoms with Crippen LogP contribution in [0.4, 0.5) is 5.82 Å². The topological polar surface area (TPSA) is 53.4 Å². The van der Waals surface area contributed by atoms with Gasteiger partial charge in [-0.25, -0.2) is 4.68 Å². The van der Waals surface area contributed by atoms with E-state index >= 15 is 0 Å². The molecular weight excluding hydrogens is 314 g/mol. The minimum Gasteiger partial charge on any atom is -0.310 e. The molecule has 0 atom stereocenters. The van der Waals surface area contributed by atoms with Gasteiger partial charge in [0.2, 0.25) is 5.91 Å². The van der Waals surface area contributed by atoms with Crippen molar-refractivity contribution >= 4 is 11.7 Å². The molecular formula is C19H27N5O. The van der Waals surface area contributed by atoms with Crippen LogP contribution < -0.4 is 5.32 Å². The van der Waals surface area contributed by atoms with Gasteiger partial charge in [0.25, 0.3) is 0 Å². The number of benzene rings is 1. The lowest BCUT2D eigenvalue weighted by atomic mass is 10.2. The predicted octanol–water partition coefficient (Wildman–Crippen LogP) is 2.22. The molecule has 0 saturated carbocycles. The van der Waals surface area contributed by atoms with Gasteiger partial charge < -0.3 is 5.32 Å². The van der Waals surface area contributed by atoms with E-state index in [1.807, 2.05) is 16.8 Å². The van der Waals surface area contributed by atoms with Crippen LogP contribution in [0.1, 0.15) is 25.5 Å². The molecule has 1 aromatic carbocycles. The smallest absolute Gasteiger partial charge is 0.239 e. The average molecular weight is 341 g/mol. The number of hydrogen-bond donors (Lipinski definition) is 1. The van der Waals surface area contributed by atoms with Gasteiger partial charge in [0.1, 0.15) is 5.82 Å². The summed E-state index contributed by atoms with van der Waals surface area (Å²) in [7, 11) is 0. The van der Waals surface area contributed by atoms with Gasteiger partial charge in [-0.1, -0.05) is 30.3 Å². The predicted molar refractivity (Wildman–Crippen MR) is 99.4 cm³/mol. The molecule has 1 aliphatic heterocycles. The van der Waals surface area contributed by atoms with Crippen LogP contribution in [-0.2, 0) is 11.3 Å². The van der Waals surface area contributed by atoms with Crippen molar-refractivity contribution in [1.29, 1.82) is 0 Å². The van der Waals surface area contributed by atoms with Crippen LogP contribution in [0.15, 0.2) is 42.6 Å². The molecule has 6 heteroatoms. The zero-order valence-electron chi connectivity index (χ0n) is 15.1. The number of amides is 1. The normalized spacial score (nSPS) is 16.3. The number of piperazine rings is 1. The molecule has 1 saturated heterocycles. The Morgan fingerprint density at radius 1 is 1.08 bits per heavy atom. The van der Waals surface area contributed by atoms with E-state index in [2.05, 4.69) is 58.3 Å². The molecule has 1 N–H and O–H groups in total. The standard InChI is InChI=1S/C19H27N5O/c1-16(2)24-18(8-9-20-24)21-19(25)15-23-12-10-22(11-13-23)14-17-6-4-3-5-7-17/h3-9,16H,10-15H2,1-2H3,(H,21,25). The summed E-state index contributed by atoms with van der Waals surface area (Å²) in [6, 6.07) is 12.6. The van der Waals surface area contributed by atoms with E-state index in [0.717, 1.165) is 38.5 Å². The van der Waals surface area contributed by atoms with Crippen LogP contribution in [0.2, 0.25) is 0 Å². The molecule has 2 heterocycles. The number of anilines is 1. The minimum absolute atomic E-state index is 0.0268. The maximum absolute atomic E-state index is 12.3. The molecule has 1 fully saturated rings. The summed E-state index contributed by atoms with van der Waals surface area (Å²) in [5.41, 5.74) is 1.34. The summed E-state index contributed by atoms with van der Waals surface area (Å²) in [4.78, 5) is 17.0. The highest BCUT2D eigenvalue weighted by Gasteiger charge is 2.19. The third kappa shape index (κ3) is 4.90. The Morgan fingerprint density at radius 2 is 1.76 bits per heavy atom. The number of rotatable bonds is 6. The largest absolute Gasteiger partial charge is 0.310 e. The molecule has 0 aliphatic carbocycles. The molecule has 25 heavy (non-hydrogen) atoms. The Balaban J connectivity index is 1.44. The molecule has 0 spiro atoms. The second-order valence-corrected chi connectivity index (χ2v) is 6.84. The fraction of sp³-hybridized carbons (Fsp3) is 0.474. The summed E-state index contributed by atoms with van der Waals surface area (Å²) in [6.07, 6.45) is 1.72. The first-order valence-corrected chi connectivity index (χ1v) is 8.94. The van der Waals surface area contributed by atoms with Crippen molar-refractivity contribution in [2.75, 3.05) is 38.0 Å². The van der Waals surface area contributed by atoms with Crippen LogP contribution in [0.3, 0.4) is 0 Å². The molecule has 134 valence electrons. The van der Waals surface area contributed by atoms with Gasteiger partial charge in [0.05, 0.1) is 12.7 Å². The third-order valence-electron chi connectivity index (χ3n) is 4.51. The second-order valence-electron chi connectivity index (χ2n) is 6.84. The number of carbonyl (C=O) groups excluding carboxylic acids is 1. The van der Waals surface area contributed by atoms with Gasteiger partial charge in [-0.15, -0.1) is 0 Å². The molecule has 1 aromatic heterocycles. The van der Waals surface area contributed by atoms with E-state index < -0.39 is 0 Å². The monoisotopic (exact) mass is 341 g/mol. The van der Waals surface area contributed by atoms with Crippen LogP contribution in [-0.4, -0.2) is 58.2 Å². The molecule has 1 amide bonds. The van der Waals surface area contributed by atoms with Gasteiger partial charge in [0, 0.05) is 44.8 Å². The lowest BCUT2D eigenvalue weighted by Crippen LogP contribution is -2.48.